The van der Waals surface area contributed by atoms with Crippen LogP contribution in [0.1, 0.15) is 51.4 Å². The highest BCUT2D eigenvalue weighted by molar-refractivity contribution is 5.98. The van der Waals surface area contributed by atoms with Gasteiger partial charge in [0.15, 0.2) is 0 Å². The quantitative estimate of drug-likeness (QED) is 0.709. The van der Waals surface area contributed by atoms with E-state index in [1.807, 2.05) is 19.1 Å². The van der Waals surface area contributed by atoms with E-state index in [-0.39, 0.29) is 5.91 Å². The van der Waals surface area contributed by atoms with Crippen molar-refractivity contribution < 1.29 is 4.79 Å². The van der Waals surface area contributed by atoms with Crippen molar-refractivity contribution in [2.45, 2.75) is 52.9 Å². The van der Waals surface area contributed by atoms with Crippen molar-refractivity contribution >= 4 is 17.4 Å². The lowest BCUT2D eigenvalue weighted by Crippen LogP contribution is -2.24. The highest BCUT2D eigenvalue weighted by Gasteiger charge is 2.16. The second kappa shape index (κ2) is 8.42. The molecule has 2 rings (SSSR count). The summed E-state index contributed by atoms with van der Waals surface area (Å²) in [5.41, 5.74) is 2.15. The van der Waals surface area contributed by atoms with Crippen LogP contribution < -0.4 is 4.90 Å². The summed E-state index contributed by atoms with van der Waals surface area (Å²) in [4.78, 5) is 22.4. The first-order valence-electron chi connectivity index (χ1n) is 8.37. The lowest BCUT2D eigenvalue weighted by atomic mass is 10.1. The van der Waals surface area contributed by atoms with E-state index in [4.69, 9.17) is 0 Å². The summed E-state index contributed by atoms with van der Waals surface area (Å²) in [5, 5.41) is 0. The van der Waals surface area contributed by atoms with Crippen LogP contribution >= 0.6 is 0 Å². The van der Waals surface area contributed by atoms with Gasteiger partial charge >= 0.3 is 0 Å². The Morgan fingerprint density at radius 2 is 1.83 bits per heavy atom. The fraction of sp³-hybridized carbons (Fsp3) is 0.421. The van der Waals surface area contributed by atoms with Crippen LogP contribution in [0.15, 0.2) is 36.5 Å². The van der Waals surface area contributed by atoms with E-state index in [1.165, 1.54) is 24.8 Å². The molecule has 0 aliphatic carbocycles. The first-order valence-corrected chi connectivity index (χ1v) is 8.37. The standard InChI is InChI=1S/C19H25N3O/c1-4-6-7-8-16-9-11-17(12-10-16)22(15(3)23)19-13-14-20-18(5-2)21-19/h9-14H,4-8H2,1-3H3. The van der Waals surface area contributed by atoms with Crippen LogP contribution in [-0.4, -0.2) is 15.9 Å². The molecule has 0 atom stereocenters. The summed E-state index contributed by atoms with van der Waals surface area (Å²) >= 11 is 0. The SMILES string of the molecule is CCCCCc1ccc(N(C(C)=O)c2ccnc(CC)n2)cc1. The lowest BCUT2D eigenvalue weighted by molar-refractivity contribution is -0.115. The summed E-state index contributed by atoms with van der Waals surface area (Å²) in [6.45, 7) is 5.77. The molecule has 0 spiro atoms. The molecule has 4 nitrogen and oxygen atoms in total. The van der Waals surface area contributed by atoms with Gasteiger partial charge in [0.25, 0.3) is 0 Å². The Morgan fingerprint density at radius 3 is 2.43 bits per heavy atom. The third kappa shape index (κ3) is 4.62. The molecule has 0 radical (unpaired) electrons. The number of anilines is 2. The maximum Gasteiger partial charge on any atom is 0.229 e. The number of hydrogen-bond donors (Lipinski definition) is 0. The molecule has 0 aliphatic heterocycles. The molecule has 1 aromatic heterocycles. The van der Waals surface area contributed by atoms with Gasteiger partial charge in [0, 0.05) is 19.5 Å². The van der Waals surface area contributed by atoms with Crippen molar-refractivity contribution in [3.05, 3.63) is 47.9 Å². The molecular formula is C19H25N3O. The van der Waals surface area contributed by atoms with Crippen molar-refractivity contribution in [2.75, 3.05) is 4.90 Å². The number of aromatic nitrogens is 2. The number of amides is 1. The summed E-state index contributed by atoms with van der Waals surface area (Å²) < 4.78 is 0. The molecule has 1 heterocycles. The summed E-state index contributed by atoms with van der Waals surface area (Å²) in [6.07, 6.45) is 7.22. The predicted octanol–water partition coefficient (Wildman–Crippen LogP) is 4.46. The molecular weight excluding hydrogens is 286 g/mol. The number of rotatable bonds is 7. The Labute approximate surface area is 138 Å². The molecule has 0 bridgehead atoms. The molecule has 0 saturated heterocycles. The van der Waals surface area contributed by atoms with Crippen LogP contribution in [0.5, 0.6) is 0 Å². The molecule has 1 amide bonds. The Bertz CT molecular complexity index is 637. The average molecular weight is 311 g/mol. The van der Waals surface area contributed by atoms with Gasteiger partial charge in [0.2, 0.25) is 5.91 Å². The first kappa shape index (κ1) is 17.1. The number of hydrogen-bond acceptors (Lipinski definition) is 3. The molecule has 0 fully saturated rings. The maximum atomic E-state index is 12.1. The largest absolute Gasteiger partial charge is 0.274 e. The fourth-order valence-corrected chi connectivity index (χ4v) is 2.55. The van der Waals surface area contributed by atoms with E-state index < -0.39 is 0 Å². The van der Waals surface area contributed by atoms with Crippen LogP contribution in [0.3, 0.4) is 0 Å². The van der Waals surface area contributed by atoms with Gasteiger partial charge in [-0.15, -0.1) is 0 Å². The second-order valence-corrected chi connectivity index (χ2v) is 5.66. The number of nitrogens with zero attached hydrogens (tertiary/aromatic N) is 3. The normalized spacial score (nSPS) is 10.6. The Hall–Kier alpha value is -2.23. The van der Waals surface area contributed by atoms with Crippen LogP contribution in [0.25, 0.3) is 0 Å². The number of benzene rings is 1. The molecule has 2 aromatic rings. The van der Waals surface area contributed by atoms with Gasteiger partial charge < -0.3 is 0 Å². The van der Waals surface area contributed by atoms with E-state index in [1.54, 1.807) is 24.1 Å². The zero-order valence-corrected chi connectivity index (χ0v) is 14.2. The van der Waals surface area contributed by atoms with Gasteiger partial charge in [-0.25, -0.2) is 9.97 Å². The number of aryl methyl sites for hydroxylation is 2. The summed E-state index contributed by atoms with van der Waals surface area (Å²) in [6, 6.07) is 9.97. The van der Waals surface area contributed by atoms with Gasteiger partial charge in [-0.05, 0) is 36.6 Å². The highest BCUT2D eigenvalue weighted by Crippen LogP contribution is 2.24. The van der Waals surface area contributed by atoms with Crippen LogP contribution in [0.2, 0.25) is 0 Å². The zero-order valence-electron chi connectivity index (χ0n) is 14.2. The number of unbranched alkanes of at least 4 members (excludes halogenated alkanes) is 2. The minimum atomic E-state index is -0.0514. The summed E-state index contributed by atoms with van der Waals surface area (Å²) in [5.74, 6) is 1.32. The highest BCUT2D eigenvalue weighted by atomic mass is 16.2. The average Bonchev–Trinajstić information content (AvgIpc) is 2.56. The van der Waals surface area contributed by atoms with Crippen molar-refractivity contribution in [1.82, 2.24) is 9.97 Å². The monoisotopic (exact) mass is 311 g/mol. The molecule has 0 aliphatic rings. The van der Waals surface area contributed by atoms with Gasteiger partial charge in [0.05, 0.1) is 5.69 Å². The number of carbonyl (C=O) groups excluding carboxylic acids is 1. The van der Waals surface area contributed by atoms with Crippen molar-refractivity contribution in [2.24, 2.45) is 0 Å². The third-order valence-electron chi connectivity index (χ3n) is 3.81. The Balaban J connectivity index is 2.22. The smallest absolute Gasteiger partial charge is 0.229 e. The van der Waals surface area contributed by atoms with Gasteiger partial charge in [-0.2, -0.15) is 0 Å². The van der Waals surface area contributed by atoms with Gasteiger partial charge in [0.1, 0.15) is 11.6 Å². The van der Waals surface area contributed by atoms with Gasteiger partial charge in [-0.1, -0.05) is 38.8 Å². The number of carbonyl (C=O) groups is 1. The van der Waals surface area contributed by atoms with E-state index in [9.17, 15) is 4.79 Å². The van der Waals surface area contributed by atoms with Gasteiger partial charge in [-0.3, -0.25) is 9.69 Å². The third-order valence-corrected chi connectivity index (χ3v) is 3.81. The van der Waals surface area contributed by atoms with E-state index in [0.29, 0.717) is 5.82 Å². The Kier molecular flexibility index (Phi) is 6.27. The summed E-state index contributed by atoms with van der Waals surface area (Å²) in [7, 11) is 0. The minimum absolute atomic E-state index is 0.0514. The molecule has 0 N–H and O–H groups in total. The van der Waals surface area contributed by atoms with Crippen molar-refractivity contribution in [3.63, 3.8) is 0 Å². The topological polar surface area (TPSA) is 46.1 Å². The maximum absolute atomic E-state index is 12.1. The van der Waals surface area contributed by atoms with E-state index in [0.717, 1.165) is 24.4 Å². The van der Waals surface area contributed by atoms with Crippen LogP contribution in [0.4, 0.5) is 11.5 Å². The van der Waals surface area contributed by atoms with Crippen LogP contribution in [0, 0.1) is 0 Å². The minimum Gasteiger partial charge on any atom is -0.274 e. The molecule has 1 aromatic carbocycles. The van der Waals surface area contributed by atoms with E-state index in [2.05, 4.69) is 29.0 Å². The predicted molar refractivity (Wildman–Crippen MR) is 93.9 cm³/mol. The fourth-order valence-electron chi connectivity index (χ4n) is 2.55. The van der Waals surface area contributed by atoms with Crippen molar-refractivity contribution in [3.8, 4) is 0 Å². The molecule has 23 heavy (non-hydrogen) atoms. The zero-order chi connectivity index (χ0) is 16.7. The van der Waals surface area contributed by atoms with E-state index >= 15 is 0 Å². The molecule has 0 unspecified atom stereocenters. The van der Waals surface area contributed by atoms with Crippen molar-refractivity contribution in [1.29, 1.82) is 0 Å². The Morgan fingerprint density at radius 1 is 1.09 bits per heavy atom. The second-order valence-electron chi connectivity index (χ2n) is 5.66. The van der Waals surface area contributed by atoms with Crippen LogP contribution in [-0.2, 0) is 17.6 Å². The first-order chi connectivity index (χ1) is 11.2. The molecule has 4 heteroatoms. The molecule has 0 saturated carbocycles. The lowest BCUT2D eigenvalue weighted by Gasteiger charge is -2.20. The molecule has 122 valence electrons.